The molecule has 1 aliphatic heterocycles. The summed E-state index contributed by atoms with van der Waals surface area (Å²) in [5.74, 6) is 0.110. The minimum atomic E-state index is -0.751. The third-order valence-corrected chi connectivity index (χ3v) is 2.83. The molecule has 0 radical (unpaired) electrons. The van der Waals surface area contributed by atoms with E-state index in [-0.39, 0.29) is 18.3 Å². The van der Waals surface area contributed by atoms with Gasteiger partial charge < -0.3 is 14.8 Å². The number of hydrogen-bond donors (Lipinski definition) is 2. The van der Waals surface area contributed by atoms with Crippen molar-refractivity contribution in [1.82, 2.24) is 10.3 Å². The first kappa shape index (κ1) is 10.2. The molecule has 0 spiro atoms. The van der Waals surface area contributed by atoms with E-state index in [1.54, 1.807) is 6.20 Å². The average molecular weight is 210 g/mol. The third kappa shape index (κ3) is 2.36. The van der Waals surface area contributed by atoms with E-state index in [4.69, 9.17) is 9.52 Å². The summed E-state index contributed by atoms with van der Waals surface area (Å²) in [6.07, 6.45) is 4.18. The molecular formula is C10H14N2O3. The Kier molecular flexibility index (Phi) is 3.01. The fourth-order valence-corrected chi connectivity index (χ4v) is 2.09. The van der Waals surface area contributed by atoms with Gasteiger partial charge in [-0.2, -0.15) is 0 Å². The SMILES string of the molecule is O=C(O)CC1CCNCC1c1ncco1. The van der Waals surface area contributed by atoms with Crippen molar-refractivity contribution < 1.29 is 14.3 Å². The van der Waals surface area contributed by atoms with Crippen molar-refractivity contribution in [1.29, 1.82) is 0 Å². The number of carbonyl (C=O) groups is 1. The summed E-state index contributed by atoms with van der Waals surface area (Å²) in [6.45, 7) is 1.62. The number of hydrogen-bond acceptors (Lipinski definition) is 4. The molecule has 2 rings (SSSR count). The number of rotatable bonds is 3. The summed E-state index contributed by atoms with van der Waals surface area (Å²) in [4.78, 5) is 14.8. The second kappa shape index (κ2) is 4.44. The zero-order chi connectivity index (χ0) is 10.7. The van der Waals surface area contributed by atoms with Crippen LogP contribution >= 0.6 is 0 Å². The third-order valence-electron chi connectivity index (χ3n) is 2.83. The zero-order valence-corrected chi connectivity index (χ0v) is 8.35. The highest BCUT2D eigenvalue weighted by Crippen LogP contribution is 2.30. The lowest BCUT2D eigenvalue weighted by Crippen LogP contribution is -2.36. The molecule has 5 nitrogen and oxygen atoms in total. The van der Waals surface area contributed by atoms with Crippen molar-refractivity contribution in [2.24, 2.45) is 5.92 Å². The van der Waals surface area contributed by atoms with Gasteiger partial charge in [-0.1, -0.05) is 0 Å². The number of aliphatic carboxylic acids is 1. The second-order valence-corrected chi connectivity index (χ2v) is 3.83. The maximum atomic E-state index is 10.7. The molecule has 2 heterocycles. The molecule has 1 aliphatic rings. The lowest BCUT2D eigenvalue weighted by atomic mass is 9.84. The average Bonchev–Trinajstić information content (AvgIpc) is 2.70. The van der Waals surface area contributed by atoms with Crippen LogP contribution in [-0.2, 0) is 4.79 Å². The van der Waals surface area contributed by atoms with E-state index in [2.05, 4.69) is 10.3 Å². The van der Waals surface area contributed by atoms with Crippen molar-refractivity contribution in [3.8, 4) is 0 Å². The van der Waals surface area contributed by atoms with Gasteiger partial charge in [-0.15, -0.1) is 0 Å². The minimum absolute atomic E-state index is 0.0878. The predicted molar refractivity (Wildman–Crippen MR) is 52.5 cm³/mol. The summed E-state index contributed by atoms with van der Waals surface area (Å²) in [7, 11) is 0. The summed E-state index contributed by atoms with van der Waals surface area (Å²) in [5.41, 5.74) is 0. The lowest BCUT2D eigenvalue weighted by molar-refractivity contribution is -0.138. The normalized spacial score (nSPS) is 26.4. The Hall–Kier alpha value is -1.36. The van der Waals surface area contributed by atoms with Crippen molar-refractivity contribution in [2.45, 2.75) is 18.8 Å². The smallest absolute Gasteiger partial charge is 0.303 e. The van der Waals surface area contributed by atoms with Crippen LogP contribution in [0, 0.1) is 5.92 Å². The van der Waals surface area contributed by atoms with Crippen LogP contribution in [0.3, 0.4) is 0 Å². The number of oxazole rings is 1. The van der Waals surface area contributed by atoms with E-state index in [1.165, 1.54) is 6.26 Å². The van der Waals surface area contributed by atoms with Gasteiger partial charge in [0.05, 0.1) is 12.1 Å². The maximum absolute atomic E-state index is 10.7. The number of carboxylic acid groups (broad SMARTS) is 1. The van der Waals surface area contributed by atoms with Gasteiger partial charge >= 0.3 is 5.97 Å². The van der Waals surface area contributed by atoms with Gasteiger partial charge in [-0.25, -0.2) is 4.98 Å². The Morgan fingerprint density at radius 3 is 3.27 bits per heavy atom. The van der Waals surface area contributed by atoms with E-state index in [9.17, 15) is 4.79 Å². The summed E-state index contributed by atoms with van der Waals surface area (Å²) < 4.78 is 5.24. The van der Waals surface area contributed by atoms with Crippen molar-refractivity contribution in [2.75, 3.05) is 13.1 Å². The molecule has 1 aromatic rings. The molecule has 1 aromatic heterocycles. The fraction of sp³-hybridized carbons (Fsp3) is 0.600. The monoisotopic (exact) mass is 210 g/mol. The highest BCUT2D eigenvalue weighted by atomic mass is 16.4. The Labute approximate surface area is 87.5 Å². The van der Waals surface area contributed by atoms with E-state index >= 15 is 0 Å². The van der Waals surface area contributed by atoms with Gasteiger partial charge in [0.2, 0.25) is 0 Å². The van der Waals surface area contributed by atoms with Crippen LogP contribution in [0.2, 0.25) is 0 Å². The van der Waals surface area contributed by atoms with Crippen LogP contribution in [0.4, 0.5) is 0 Å². The van der Waals surface area contributed by atoms with Crippen LogP contribution < -0.4 is 5.32 Å². The summed E-state index contributed by atoms with van der Waals surface area (Å²) in [5, 5.41) is 12.0. The van der Waals surface area contributed by atoms with E-state index in [1.807, 2.05) is 0 Å². The summed E-state index contributed by atoms with van der Waals surface area (Å²) in [6, 6.07) is 0. The first-order valence-corrected chi connectivity index (χ1v) is 5.09. The molecule has 82 valence electrons. The van der Waals surface area contributed by atoms with E-state index in [0.29, 0.717) is 5.89 Å². The number of nitrogens with zero attached hydrogens (tertiary/aromatic N) is 1. The summed E-state index contributed by atoms with van der Waals surface area (Å²) >= 11 is 0. The van der Waals surface area contributed by atoms with Gasteiger partial charge in [0, 0.05) is 13.0 Å². The van der Waals surface area contributed by atoms with Crippen molar-refractivity contribution in [3.63, 3.8) is 0 Å². The molecule has 0 aliphatic carbocycles. The molecule has 2 unspecified atom stereocenters. The molecule has 1 fully saturated rings. The van der Waals surface area contributed by atoms with Crippen molar-refractivity contribution in [3.05, 3.63) is 18.4 Å². The molecular weight excluding hydrogens is 196 g/mol. The Morgan fingerprint density at radius 2 is 2.60 bits per heavy atom. The Bertz CT molecular complexity index is 323. The highest BCUT2D eigenvalue weighted by molar-refractivity contribution is 5.67. The largest absolute Gasteiger partial charge is 0.481 e. The molecule has 0 bridgehead atoms. The minimum Gasteiger partial charge on any atom is -0.481 e. The quantitative estimate of drug-likeness (QED) is 0.773. The second-order valence-electron chi connectivity index (χ2n) is 3.83. The Balaban J connectivity index is 2.09. The number of nitrogens with one attached hydrogen (secondary N) is 1. The van der Waals surface area contributed by atoms with Crippen LogP contribution in [0.5, 0.6) is 0 Å². The highest BCUT2D eigenvalue weighted by Gasteiger charge is 2.30. The van der Waals surface area contributed by atoms with Gasteiger partial charge in [0.25, 0.3) is 0 Å². The molecule has 2 atom stereocenters. The van der Waals surface area contributed by atoms with Crippen LogP contribution in [0.1, 0.15) is 24.7 Å². The molecule has 5 heteroatoms. The van der Waals surface area contributed by atoms with E-state index < -0.39 is 5.97 Å². The maximum Gasteiger partial charge on any atom is 0.303 e. The van der Waals surface area contributed by atoms with E-state index in [0.717, 1.165) is 19.5 Å². The van der Waals surface area contributed by atoms with Gasteiger partial charge in [0.15, 0.2) is 5.89 Å². The van der Waals surface area contributed by atoms with Gasteiger partial charge in [-0.05, 0) is 18.9 Å². The molecule has 1 saturated heterocycles. The topological polar surface area (TPSA) is 75.4 Å². The van der Waals surface area contributed by atoms with Crippen molar-refractivity contribution >= 4 is 5.97 Å². The van der Waals surface area contributed by atoms with Gasteiger partial charge in [0.1, 0.15) is 6.26 Å². The Morgan fingerprint density at radius 1 is 1.73 bits per heavy atom. The predicted octanol–water partition coefficient (Wildman–Crippen LogP) is 0.842. The molecule has 15 heavy (non-hydrogen) atoms. The van der Waals surface area contributed by atoms with Gasteiger partial charge in [-0.3, -0.25) is 4.79 Å². The fourth-order valence-electron chi connectivity index (χ4n) is 2.09. The first-order chi connectivity index (χ1) is 7.27. The molecule has 0 aromatic carbocycles. The number of aromatic nitrogens is 1. The number of carboxylic acids is 1. The number of piperidine rings is 1. The molecule has 0 saturated carbocycles. The van der Waals surface area contributed by atoms with Crippen LogP contribution in [0.15, 0.2) is 16.9 Å². The molecule has 0 amide bonds. The molecule has 2 N–H and O–H groups in total. The first-order valence-electron chi connectivity index (χ1n) is 5.09. The zero-order valence-electron chi connectivity index (χ0n) is 8.35. The van der Waals surface area contributed by atoms with Crippen LogP contribution in [0.25, 0.3) is 0 Å². The standard InChI is InChI=1S/C10H14N2O3/c13-9(14)5-7-1-2-11-6-8(7)10-12-3-4-15-10/h3-4,7-8,11H,1-2,5-6H2,(H,13,14). The van der Waals surface area contributed by atoms with Crippen LogP contribution in [-0.4, -0.2) is 29.1 Å². The lowest BCUT2D eigenvalue weighted by Gasteiger charge is -2.28.